The molecule has 0 atom stereocenters. The molecule has 5 heteroatoms. The first-order valence-corrected chi connectivity index (χ1v) is 7.53. The molecular formula is C17H27IN4. The Hall–Kier alpha value is -1.24. The molecule has 0 unspecified atom stereocenters. The molecule has 22 heavy (non-hydrogen) atoms. The van der Waals surface area contributed by atoms with E-state index in [9.17, 15) is 0 Å². The average molecular weight is 414 g/mol. The van der Waals surface area contributed by atoms with Gasteiger partial charge in [0.2, 0.25) is 0 Å². The molecule has 0 aliphatic carbocycles. The van der Waals surface area contributed by atoms with Gasteiger partial charge in [-0.25, -0.2) is 0 Å². The fourth-order valence-electron chi connectivity index (χ4n) is 2.36. The number of hydrogen-bond acceptors (Lipinski definition) is 1. The molecule has 0 radical (unpaired) electrons. The summed E-state index contributed by atoms with van der Waals surface area (Å²) in [6.45, 7) is 7.30. The van der Waals surface area contributed by atoms with Gasteiger partial charge in [-0.15, -0.1) is 24.0 Å². The van der Waals surface area contributed by atoms with E-state index in [0.29, 0.717) is 0 Å². The summed E-state index contributed by atoms with van der Waals surface area (Å²) in [5.41, 5.74) is 2.62. The predicted molar refractivity (Wildman–Crippen MR) is 106 cm³/mol. The lowest BCUT2D eigenvalue weighted by Gasteiger charge is -2.23. The maximum absolute atomic E-state index is 4.25. The number of nitrogens with one attached hydrogen (secondary N) is 3. The predicted octanol–water partition coefficient (Wildman–Crippen LogP) is 3.68. The quantitative estimate of drug-likeness (QED) is 0.310. The third-order valence-electron chi connectivity index (χ3n) is 3.31. The van der Waals surface area contributed by atoms with E-state index >= 15 is 0 Å². The van der Waals surface area contributed by atoms with Crippen molar-refractivity contribution in [3.05, 3.63) is 36.0 Å². The highest BCUT2D eigenvalue weighted by Crippen LogP contribution is 2.18. The number of fused-ring (bicyclic) bond motifs is 1. The monoisotopic (exact) mass is 414 g/mol. The number of aliphatic imine (C=N–C) groups is 1. The van der Waals surface area contributed by atoms with Gasteiger partial charge in [-0.3, -0.25) is 4.99 Å². The largest absolute Gasteiger partial charge is 0.361 e. The van der Waals surface area contributed by atoms with Gasteiger partial charge in [0.25, 0.3) is 0 Å². The van der Waals surface area contributed by atoms with Crippen molar-refractivity contribution in [1.29, 1.82) is 0 Å². The summed E-state index contributed by atoms with van der Waals surface area (Å²) < 4.78 is 0. The molecule has 0 aliphatic rings. The Bertz CT molecular complexity index is 610. The minimum atomic E-state index is 0. The SMILES string of the molecule is CN=C(NCCCc1c[nH]c2ccccc12)NC(C)(C)C.I. The molecule has 0 saturated carbocycles. The van der Waals surface area contributed by atoms with Crippen LogP contribution in [-0.4, -0.2) is 30.1 Å². The topological polar surface area (TPSA) is 52.2 Å². The first-order valence-electron chi connectivity index (χ1n) is 7.53. The number of aryl methyl sites for hydroxylation is 1. The van der Waals surface area contributed by atoms with E-state index in [1.807, 2.05) is 0 Å². The Balaban J connectivity index is 0.00000242. The molecule has 1 aromatic carbocycles. The van der Waals surface area contributed by atoms with Gasteiger partial charge in [0.15, 0.2) is 5.96 Å². The van der Waals surface area contributed by atoms with Crippen LogP contribution >= 0.6 is 24.0 Å². The van der Waals surface area contributed by atoms with Gasteiger partial charge in [-0.05, 0) is 45.2 Å². The number of aromatic nitrogens is 1. The van der Waals surface area contributed by atoms with Gasteiger partial charge < -0.3 is 15.6 Å². The molecule has 0 spiro atoms. The van der Waals surface area contributed by atoms with Crippen LogP contribution < -0.4 is 10.6 Å². The fourth-order valence-corrected chi connectivity index (χ4v) is 2.36. The second-order valence-corrected chi connectivity index (χ2v) is 6.34. The molecule has 3 N–H and O–H groups in total. The summed E-state index contributed by atoms with van der Waals surface area (Å²) in [4.78, 5) is 7.57. The van der Waals surface area contributed by atoms with Gasteiger partial charge in [0.1, 0.15) is 0 Å². The summed E-state index contributed by atoms with van der Waals surface area (Å²) in [7, 11) is 1.81. The lowest BCUT2D eigenvalue weighted by molar-refractivity contribution is 0.501. The van der Waals surface area contributed by atoms with Crippen molar-refractivity contribution < 1.29 is 0 Å². The number of aromatic amines is 1. The smallest absolute Gasteiger partial charge is 0.191 e. The fraction of sp³-hybridized carbons (Fsp3) is 0.471. The van der Waals surface area contributed by atoms with Crippen LogP contribution in [0.5, 0.6) is 0 Å². The summed E-state index contributed by atoms with van der Waals surface area (Å²) in [6.07, 6.45) is 4.25. The van der Waals surface area contributed by atoms with Gasteiger partial charge >= 0.3 is 0 Å². The maximum atomic E-state index is 4.25. The molecule has 0 aliphatic heterocycles. The van der Waals surface area contributed by atoms with Crippen LogP contribution in [0.1, 0.15) is 32.8 Å². The summed E-state index contributed by atoms with van der Waals surface area (Å²) >= 11 is 0. The summed E-state index contributed by atoms with van der Waals surface area (Å²) in [5.74, 6) is 0.862. The number of halogens is 1. The molecule has 4 nitrogen and oxygen atoms in total. The van der Waals surface area contributed by atoms with Gasteiger partial charge in [0, 0.05) is 36.2 Å². The molecule has 0 amide bonds. The van der Waals surface area contributed by atoms with Crippen LogP contribution in [0.4, 0.5) is 0 Å². The van der Waals surface area contributed by atoms with Crippen LogP contribution in [0.25, 0.3) is 10.9 Å². The minimum absolute atomic E-state index is 0. The number of nitrogens with zero attached hydrogens (tertiary/aromatic N) is 1. The van der Waals surface area contributed by atoms with E-state index in [2.05, 4.69) is 71.8 Å². The van der Waals surface area contributed by atoms with Crippen LogP contribution in [0.15, 0.2) is 35.5 Å². The highest BCUT2D eigenvalue weighted by Gasteiger charge is 2.11. The zero-order valence-corrected chi connectivity index (χ0v) is 16.2. The molecule has 1 heterocycles. The third kappa shape index (κ3) is 5.51. The molecule has 0 saturated heterocycles. The number of H-pyrrole nitrogens is 1. The standard InChI is InChI=1S/C17H26N4.HI/c1-17(2,3)21-16(18-4)19-11-7-8-13-12-20-15-10-6-5-9-14(13)15;/h5-6,9-10,12,20H,7-8,11H2,1-4H3,(H2,18,19,21);1H. The second kappa shape index (κ2) is 8.41. The molecular weight excluding hydrogens is 387 g/mol. The van der Waals surface area contributed by atoms with Crippen molar-refractivity contribution in [2.45, 2.75) is 39.2 Å². The van der Waals surface area contributed by atoms with Crippen LogP contribution in [0.3, 0.4) is 0 Å². The van der Waals surface area contributed by atoms with E-state index in [1.165, 1.54) is 16.5 Å². The summed E-state index contributed by atoms with van der Waals surface area (Å²) in [6, 6.07) is 8.44. The van der Waals surface area contributed by atoms with Crippen LogP contribution in [0.2, 0.25) is 0 Å². The zero-order valence-electron chi connectivity index (χ0n) is 13.9. The van der Waals surface area contributed by atoms with Crippen molar-refractivity contribution in [2.75, 3.05) is 13.6 Å². The molecule has 2 aromatic rings. The van der Waals surface area contributed by atoms with E-state index in [-0.39, 0.29) is 29.5 Å². The molecule has 0 fully saturated rings. The normalized spacial score (nSPS) is 12.1. The van der Waals surface area contributed by atoms with E-state index < -0.39 is 0 Å². The van der Waals surface area contributed by atoms with Gasteiger partial charge in [-0.1, -0.05) is 18.2 Å². The number of para-hydroxylation sites is 1. The Morgan fingerprint density at radius 1 is 1.23 bits per heavy atom. The van der Waals surface area contributed by atoms with Gasteiger partial charge in [-0.2, -0.15) is 0 Å². The second-order valence-electron chi connectivity index (χ2n) is 6.34. The molecule has 2 rings (SSSR count). The summed E-state index contributed by atoms with van der Waals surface area (Å²) in [5, 5.41) is 8.06. The Morgan fingerprint density at radius 3 is 2.64 bits per heavy atom. The van der Waals surface area contributed by atoms with Gasteiger partial charge in [0.05, 0.1) is 0 Å². The van der Waals surface area contributed by atoms with Crippen molar-refractivity contribution in [3.8, 4) is 0 Å². The number of rotatable bonds is 4. The highest BCUT2D eigenvalue weighted by atomic mass is 127. The molecule has 122 valence electrons. The van der Waals surface area contributed by atoms with Crippen molar-refractivity contribution in [1.82, 2.24) is 15.6 Å². The molecule has 0 bridgehead atoms. The maximum Gasteiger partial charge on any atom is 0.191 e. The Labute approximate surface area is 150 Å². The highest BCUT2D eigenvalue weighted by molar-refractivity contribution is 14.0. The number of benzene rings is 1. The van der Waals surface area contributed by atoms with E-state index in [4.69, 9.17) is 0 Å². The van der Waals surface area contributed by atoms with Crippen LogP contribution in [-0.2, 0) is 6.42 Å². The Kier molecular flexibility index (Phi) is 7.19. The lowest BCUT2D eigenvalue weighted by Crippen LogP contribution is -2.47. The minimum Gasteiger partial charge on any atom is -0.361 e. The number of guanidine groups is 1. The van der Waals surface area contributed by atoms with E-state index in [1.54, 1.807) is 7.05 Å². The van der Waals surface area contributed by atoms with E-state index in [0.717, 1.165) is 25.3 Å². The lowest BCUT2D eigenvalue weighted by atomic mass is 10.1. The number of hydrogen-bond donors (Lipinski definition) is 3. The van der Waals surface area contributed by atoms with Crippen LogP contribution in [0, 0.1) is 0 Å². The van der Waals surface area contributed by atoms with Crippen molar-refractivity contribution in [3.63, 3.8) is 0 Å². The zero-order chi connectivity index (χ0) is 15.3. The third-order valence-corrected chi connectivity index (χ3v) is 3.31. The first kappa shape index (κ1) is 18.8. The Morgan fingerprint density at radius 2 is 1.95 bits per heavy atom. The molecule has 1 aromatic heterocycles. The van der Waals surface area contributed by atoms with Crippen molar-refractivity contribution in [2.24, 2.45) is 4.99 Å². The van der Waals surface area contributed by atoms with Crippen molar-refractivity contribution >= 4 is 40.8 Å². The first-order chi connectivity index (χ1) is 9.99. The average Bonchev–Trinajstić information content (AvgIpc) is 2.84.